The maximum Gasteiger partial charge on any atom is 0.351 e. The maximum absolute atomic E-state index is 11.8. The van der Waals surface area contributed by atoms with Crippen LogP contribution in [0.1, 0.15) is 39.8 Å². The highest BCUT2D eigenvalue weighted by atomic mass is 16.6. The van der Waals surface area contributed by atoms with E-state index in [1.54, 1.807) is 13.8 Å². The predicted molar refractivity (Wildman–Crippen MR) is 105 cm³/mol. The number of carbonyl (C=O) groups is 2. The fraction of sp³-hybridized carbons (Fsp3) is 0.667. The second-order valence-electron chi connectivity index (χ2n) is 7.13. The molecule has 1 aliphatic heterocycles. The van der Waals surface area contributed by atoms with Gasteiger partial charge in [0.15, 0.2) is 6.23 Å². The molecule has 2 heterocycles. The molecule has 1 aromatic heterocycles. The summed E-state index contributed by atoms with van der Waals surface area (Å²) in [5, 5.41) is 28.0. The topological polar surface area (TPSA) is 200 Å². The number of anilines is 1. The Morgan fingerprint density at radius 2 is 1.97 bits per heavy atom. The summed E-state index contributed by atoms with van der Waals surface area (Å²) in [7, 11) is 0. The average molecular weight is 430 g/mol. The van der Waals surface area contributed by atoms with E-state index in [0.29, 0.717) is 6.42 Å². The number of aliphatic carboxylic acids is 1. The average Bonchev–Trinajstić information content (AvgIpc) is 2.94. The van der Waals surface area contributed by atoms with Crippen molar-refractivity contribution in [2.75, 3.05) is 12.3 Å². The standard InChI is InChI=1S/C14H22N4O6.C4H8O2/c1-6(2)9(16)13(21)23-5-7-10(19)11(20)12(24-7)18-4-3-8(15)17-14(18)22;1-2-3-4(5)6/h3-4,6-7,9-12,19-20H,5,16H2,1-2H3,(H2,15,17,22);2-3H2,1H3,(H,5,6)/t7-,9+,10-,11+,12-;/m1./s1. The van der Waals surface area contributed by atoms with Gasteiger partial charge in [-0.25, -0.2) is 4.79 Å². The third kappa shape index (κ3) is 7.06. The molecule has 5 atom stereocenters. The van der Waals surface area contributed by atoms with Gasteiger partial charge in [-0.05, 0) is 18.4 Å². The van der Waals surface area contributed by atoms with Crippen molar-refractivity contribution in [2.45, 2.75) is 64.2 Å². The number of nitrogens with two attached hydrogens (primary N) is 2. The summed E-state index contributed by atoms with van der Waals surface area (Å²) in [4.78, 5) is 36.7. The Hall–Kier alpha value is -2.54. The fourth-order valence-electron chi connectivity index (χ4n) is 2.46. The first kappa shape index (κ1) is 25.5. The van der Waals surface area contributed by atoms with Gasteiger partial charge in [0, 0.05) is 12.6 Å². The highest BCUT2D eigenvalue weighted by Crippen LogP contribution is 2.28. The molecule has 1 fully saturated rings. The largest absolute Gasteiger partial charge is 0.481 e. The van der Waals surface area contributed by atoms with Crippen molar-refractivity contribution in [1.82, 2.24) is 9.55 Å². The van der Waals surface area contributed by atoms with Crippen LogP contribution in [-0.2, 0) is 19.1 Å². The minimum atomic E-state index is -1.39. The zero-order valence-corrected chi connectivity index (χ0v) is 17.2. The number of hydrogen-bond acceptors (Lipinski definition) is 10. The van der Waals surface area contributed by atoms with Crippen LogP contribution in [0.25, 0.3) is 0 Å². The normalized spacial score (nSPS) is 24.1. The van der Waals surface area contributed by atoms with Crippen LogP contribution in [0.15, 0.2) is 17.1 Å². The van der Waals surface area contributed by atoms with E-state index in [1.807, 2.05) is 6.92 Å². The number of aliphatic hydroxyl groups is 2. The summed E-state index contributed by atoms with van der Waals surface area (Å²) < 4.78 is 11.5. The summed E-state index contributed by atoms with van der Waals surface area (Å²) >= 11 is 0. The molecular formula is C18H30N4O8. The monoisotopic (exact) mass is 430 g/mol. The minimum absolute atomic E-state index is 0.0254. The molecule has 0 radical (unpaired) electrons. The number of hydrogen-bond donors (Lipinski definition) is 5. The lowest BCUT2D eigenvalue weighted by Crippen LogP contribution is -2.40. The molecule has 170 valence electrons. The van der Waals surface area contributed by atoms with Crippen molar-refractivity contribution in [2.24, 2.45) is 11.7 Å². The van der Waals surface area contributed by atoms with E-state index in [0.717, 1.165) is 11.0 Å². The summed E-state index contributed by atoms with van der Waals surface area (Å²) in [5.41, 5.74) is 10.3. The number of nitrogen functional groups attached to an aromatic ring is 1. The van der Waals surface area contributed by atoms with Crippen LogP contribution in [-0.4, -0.2) is 67.8 Å². The van der Waals surface area contributed by atoms with E-state index in [2.05, 4.69) is 4.98 Å². The molecule has 0 bridgehead atoms. The number of aliphatic hydroxyl groups excluding tert-OH is 2. The molecule has 0 aromatic carbocycles. The third-order valence-electron chi connectivity index (χ3n) is 4.31. The Bertz CT molecular complexity index is 769. The summed E-state index contributed by atoms with van der Waals surface area (Å²) in [6, 6.07) is 0.562. The number of ether oxygens (including phenoxy) is 2. The van der Waals surface area contributed by atoms with Crippen LogP contribution in [0.5, 0.6) is 0 Å². The van der Waals surface area contributed by atoms with Crippen LogP contribution in [0.4, 0.5) is 5.82 Å². The molecule has 0 unspecified atom stereocenters. The molecule has 7 N–H and O–H groups in total. The Morgan fingerprint density at radius 1 is 1.33 bits per heavy atom. The van der Waals surface area contributed by atoms with Gasteiger partial charge in [0.05, 0.1) is 0 Å². The lowest BCUT2D eigenvalue weighted by molar-refractivity contribution is -0.152. The molecule has 12 heteroatoms. The van der Waals surface area contributed by atoms with Crippen LogP contribution in [0.2, 0.25) is 0 Å². The lowest BCUT2D eigenvalue weighted by atomic mass is 10.1. The third-order valence-corrected chi connectivity index (χ3v) is 4.31. The van der Waals surface area contributed by atoms with Gasteiger partial charge in [0.25, 0.3) is 0 Å². The van der Waals surface area contributed by atoms with Gasteiger partial charge in [-0.1, -0.05) is 20.8 Å². The number of carbonyl (C=O) groups excluding carboxylic acids is 1. The van der Waals surface area contributed by atoms with E-state index in [9.17, 15) is 24.6 Å². The number of aromatic nitrogens is 2. The first-order valence-corrected chi connectivity index (χ1v) is 9.49. The maximum atomic E-state index is 11.8. The highest BCUT2D eigenvalue weighted by Gasteiger charge is 2.44. The molecule has 12 nitrogen and oxygen atoms in total. The second kappa shape index (κ2) is 11.6. The lowest BCUT2D eigenvalue weighted by Gasteiger charge is -2.18. The number of carboxylic acids is 1. The number of carboxylic acid groups (broad SMARTS) is 1. The van der Waals surface area contributed by atoms with Crippen molar-refractivity contribution >= 4 is 17.8 Å². The molecule has 30 heavy (non-hydrogen) atoms. The first-order valence-electron chi connectivity index (χ1n) is 9.49. The van der Waals surface area contributed by atoms with Crippen molar-refractivity contribution in [3.63, 3.8) is 0 Å². The SMILES string of the molecule is CC(C)[C@H](N)C(=O)OC[C@H]1O[C@@H](n2ccc(N)nc2=O)[C@@H](O)[C@@H]1O.CCCC(=O)O. The first-order chi connectivity index (χ1) is 14.0. The van der Waals surface area contributed by atoms with E-state index >= 15 is 0 Å². The summed E-state index contributed by atoms with van der Waals surface area (Å²) in [6.45, 7) is 5.08. The Labute approximate surface area is 173 Å². The minimum Gasteiger partial charge on any atom is -0.481 e. The van der Waals surface area contributed by atoms with E-state index in [4.69, 9.17) is 26.0 Å². The molecular weight excluding hydrogens is 400 g/mol. The zero-order chi connectivity index (χ0) is 23.0. The van der Waals surface area contributed by atoms with Crippen LogP contribution in [0.3, 0.4) is 0 Å². The number of nitrogens with zero attached hydrogens (tertiary/aromatic N) is 2. The van der Waals surface area contributed by atoms with Gasteiger partial charge in [0.1, 0.15) is 36.8 Å². The van der Waals surface area contributed by atoms with Gasteiger partial charge in [0.2, 0.25) is 0 Å². The van der Waals surface area contributed by atoms with E-state index in [1.165, 1.54) is 12.3 Å². The summed E-state index contributed by atoms with van der Waals surface area (Å²) in [5.74, 6) is -1.43. The zero-order valence-electron chi connectivity index (χ0n) is 17.2. The van der Waals surface area contributed by atoms with Gasteiger partial charge in [-0.15, -0.1) is 0 Å². The molecule has 0 saturated carbocycles. The van der Waals surface area contributed by atoms with Crippen molar-refractivity contribution in [3.8, 4) is 0 Å². The van der Waals surface area contributed by atoms with Gasteiger partial charge in [-0.3, -0.25) is 14.2 Å². The van der Waals surface area contributed by atoms with Crippen molar-refractivity contribution in [3.05, 3.63) is 22.7 Å². The molecule has 1 aromatic rings. The van der Waals surface area contributed by atoms with Crippen molar-refractivity contribution in [1.29, 1.82) is 0 Å². The van der Waals surface area contributed by atoms with Crippen LogP contribution >= 0.6 is 0 Å². The Balaban J connectivity index is 0.000000656. The quantitative estimate of drug-likeness (QED) is 0.327. The molecule has 0 amide bonds. The van der Waals surface area contributed by atoms with E-state index < -0.39 is 48.2 Å². The van der Waals surface area contributed by atoms with Crippen molar-refractivity contribution < 1.29 is 34.4 Å². The highest BCUT2D eigenvalue weighted by molar-refractivity contribution is 5.75. The number of rotatable bonds is 7. The molecule has 0 aliphatic carbocycles. The summed E-state index contributed by atoms with van der Waals surface area (Å²) in [6.07, 6.45) is -2.58. The van der Waals surface area contributed by atoms with Gasteiger partial charge < -0.3 is 36.3 Å². The Morgan fingerprint density at radius 3 is 2.43 bits per heavy atom. The molecule has 1 saturated heterocycles. The number of esters is 1. The molecule has 2 rings (SSSR count). The van der Waals surface area contributed by atoms with Crippen LogP contribution in [0, 0.1) is 5.92 Å². The van der Waals surface area contributed by atoms with Crippen LogP contribution < -0.4 is 17.2 Å². The fourth-order valence-corrected chi connectivity index (χ4v) is 2.46. The second-order valence-corrected chi connectivity index (χ2v) is 7.13. The van der Waals surface area contributed by atoms with Gasteiger partial charge >= 0.3 is 17.6 Å². The molecule has 1 aliphatic rings. The molecule has 0 spiro atoms. The Kier molecular flexibility index (Phi) is 9.85. The van der Waals surface area contributed by atoms with E-state index in [-0.39, 0.29) is 18.3 Å². The van der Waals surface area contributed by atoms with Gasteiger partial charge in [-0.2, -0.15) is 4.98 Å². The predicted octanol–water partition coefficient (Wildman–Crippen LogP) is -1.16. The smallest absolute Gasteiger partial charge is 0.351 e.